The average molecular weight is 439 g/mol. The van der Waals surface area contributed by atoms with E-state index in [0.29, 0.717) is 21.5 Å². The van der Waals surface area contributed by atoms with Crippen molar-refractivity contribution in [2.75, 3.05) is 0 Å². The van der Waals surface area contributed by atoms with Crippen molar-refractivity contribution in [3.63, 3.8) is 0 Å². The minimum atomic E-state index is -0.978. The summed E-state index contributed by atoms with van der Waals surface area (Å²) in [5, 5.41) is 3.19. The van der Waals surface area contributed by atoms with E-state index in [1.165, 1.54) is 5.01 Å². The van der Waals surface area contributed by atoms with Crippen molar-refractivity contribution >= 4 is 40.7 Å². The van der Waals surface area contributed by atoms with E-state index < -0.39 is 5.54 Å². The lowest BCUT2D eigenvalue weighted by atomic mass is 9.59. The molecule has 1 saturated heterocycles. The maximum atomic E-state index is 12.9. The first kappa shape index (κ1) is 20.0. The van der Waals surface area contributed by atoms with Gasteiger partial charge in [0, 0.05) is 21.0 Å². The summed E-state index contributed by atoms with van der Waals surface area (Å²) in [6, 6.07) is 13.1. The van der Waals surface area contributed by atoms with E-state index in [-0.39, 0.29) is 29.7 Å². The number of benzene rings is 2. The second-order valence-electron chi connectivity index (χ2n) is 7.91. The fourth-order valence-corrected chi connectivity index (χ4v) is 5.84. The lowest BCUT2D eigenvalue weighted by Gasteiger charge is -2.46. The van der Waals surface area contributed by atoms with Crippen LogP contribution in [0.1, 0.15) is 42.7 Å². The molecule has 2 fully saturated rings. The van der Waals surface area contributed by atoms with Crippen LogP contribution in [0.3, 0.4) is 0 Å². The molecular weight excluding hydrogens is 417 g/mol. The van der Waals surface area contributed by atoms with Crippen molar-refractivity contribution in [3.8, 4) is 0 Å². The van der Waals surface area contributed by atoms with Gasteiger partial charge < -0.3 is 5.73 Å². The van der Waals surface area contributed by atoms with Crippen molar-refractivity contribution in [2.24, 2.45) is 17.5 Å². The third kappa shape index (κ3) is 3.03. The first-order valence-corrected chi connectivity index (χ1v) is 10.4. The summed E-state index contributed by atoms with van der Waals surface area (Å²) in [6.07, 6.45) is 1.29. The molecule has 4 N–H and O–H groups in total. The number of nitrogens with zero attached hydrogens (tertiary/aromatic N) is 1. The standard InChI is InChI=1S/C21H22Cl3N3O/c1-11-19-18(12-2-4-13(22)5-3-12)16(15-7-6-14(23)10-17(15)24)8-9-21(19,25)20(28)27(11)26/h2-7,10-11,16,18-19H,8-9,25-26H2,1H3/t11-,16+,18+,19+,21+/m1/s1. The molecular formula is C21H22Cl3N3O. The van der Waals surface area contributed by atoms with Gasteiger partial charge in [-0.25, -0.2) is 5.84 Å². The van der Waals surface area contributed by atoms with E-state index in [1.807, 2.05) is 43.3 Å². The van der Waals surface area contributed by atoms with Gasteiger partial charge in [-0.1, -0.05) is 53.0 Å². The van der Waals surface area contributed by atoms with Gasteiger partial charge in [-0.2, -0.15) is 0 Å². The predicted molar refractivity (Wildman–Crippen MR) is 114 cm³/mol. The fraction of sp³-hybridized carbons (Fsp3) is 0.381. The van der Waals surface area contributed by atoms with Gasteiger partial charge in [0.05, 0.1) is 6.04 Å². The molecule has 1 heterocycles. The zero-order chi connectivity index (χ0) is 20.2. The second kappa shape index (κ2) is 7.19. The van der Waals surface area contributed by atoms with Gasteiger partial charge in [0.2, 0.25) is 0 Å². The number of rotatable bonds is 2. The van der Waals surface area contributed by atoms with Gasteiger partial charge >= 0.3 is 0 Å². The Kier molecular flexibility index (Phi) is 5.13. The van der Waals surface area contributed by atoms with Crippen molar-refractivity contribution in [2.45, 2.75) is 43.2 Å². The number of hydrazine groups is 1. The van der Waals surface area contributed by atoms with Gasteiger partial charge in [-0.15, -0.1) is 0 Å². The highest BCUT2D eigenvalue weighted by Gasteiger charge is 2.61. The van der Waals surface area contributed by atoms with E-state index in [0.717, 1.165) is 17.5 Å². The highest BCUT2D eigenvalue weighted by molar-refractivity contribution is 6.35. The molecule has 148 valence electrons. The molecule has 1 amide bonds. The van der Waals surface area contributed by atoms with Crippen LogP contribution in [0.15, 0.2) is 42.5 Å². The van der Waals surface area contributed by atoms with Crippen LogP contribution in [0.25, 0.3) is 0 Å². The van der Waals surface area contributed by atoms with Crippen molar-refractivity contribution < 1.29 is 4.79 Å². The summed E-state index contributed by atoms with van der Waals surface area (Å²) in [7, 11) is 0. The Balaban J connectivity index is 1.87. The van der Waals surface area contributed by atoms with Crippen molar-refractivity contribution in [1.82, 2.24) is 5.01 Å². The van der Waals surface area contributed by atoms with E-state index >= 15 is 0 Å². The lowest BCUT2D eigenvalue weighted by Crippen LogP contribution is -2.57. The molecule has 4 rings (SSSR count). The van der Waals surface area contributed by atoms with Crippen molar-refractivity contribution in [1.29, 1.82) is 0 Å². The number of fused-ring (bicyclic) bond motifs is 1. The molecule has 2 aromatic rings. The Hall–Kier alpha value is -1.30. The second-order valence-corrected chi connectivity index (χ2v) is 9.19. The highest BCUT2D eigenvalue weighted by Crippen LogP contribution is 2.56. The zero-order valence-corrected chi connectivity index (χ0v) is 17.7. The summed E-state index contributed by atoms with van der Waals surface area (Å²) in [5.74, 6) is 5.84. The molecule has 2 aromatic carbocycles. The summed E-state index contributed by atoms with van der Waals surface area (Å²) in [6.45, 7) is 1.96. The van der Waals surface area contributed by atoms with E-state index in [2.05, 4.69) is 0 Å². The number of amides is 1. The molecule has 28 heavy (non-hydrogen) atoms. The molecule has 1 aliphatic carbocycles. The lowest BCUT2D eigenvalue weighted by molar-refractivity contribution is -0.134. The smallest absolute Gasteiger partial charge is 0.257 e. The van der Waals surface area contributed by atoms with Crippen molar-refractivity contribution in [3.05, 3.63) is 68.7 Å². The number of hydrogen-bond donors (Lipinski definition) is 2. The van der Waals surface area contributed by atoms with Crippen LogP contribution >= 0.6 is 34.8 Å². The molecule has 4 nitrogen and oxygen atoms in total. The number of hydrogen-bond acceptors (Lipinski definition) is 3. The SMILES string of the molecule is C[C@@H]1[C@H]2[C@@H](c3ccc(Cl)cc3)[C@H](c3ccc(Cl)cc3Cl)CC[C@@]2(N)C(=O)N1N. The van der Waals surface area contributed by atoms with Crippen LogP contribution in [0.2, 0.25) is 15.1 Å². The molecule has 1 aliphatic heterocycles. The molecule has 1 saturated carbocycles. The Morgan fingerprint density at radius 1 is 1.07 bits per heavy atom. The molecule has 0 radical (unpaired) electrons. The minimum absolute atomic E-state index is 0.0257. The summed E-state index contributed by atoms with van der Waals surface area (Å²) < 4.78 is 0. The summed E-state index contributed by atoms with van der Waals surface area (Å²) in [4.78, 5) is 12.9. The Bertz CT molecular complexity index is 920. The number of carbonyl (C=O) groups is 1. The molecule has 5 atom stereocenters. The molecule has 0 bridgehead atoms. The van der Waals surface area contributed by atoms with Gasteiger partial charge in [0.15, 0.2) is 0 Å². The van der Waals surface area contributed by atoms with Gasteiger partial charge in [-0.3, -0.25) is 9.80 Å². The molecule has 7 heteroatoms. The van der Waals surface area contributed by atoms with E-state index in [9.17, 15) is 4.79 Å². The minimum Gasteiger partial charge on any atom is -0.317 e. The van der Waals surface area contributed by atoms with Crippen LogP contribution < -0.4 is 11.6 Å². The third-order valence-corrected chi connectivity index (χ3v) is 7.31. The van der Waals surface area contributed by atoms with E-state index in [1.54, 1.807) is 6.07 Å². The number of halogens is 3. The monoisotopic (exact) mass is 437 g/mol. The third-order valence-electron chi connectivity index (χ3n) is 6.49. The maximum Gasteiger partial charge on any atom is 0.257 e. The number of nitrogens with two attached hydrogens (primary N) is 2. The predicted octanol–water partition coefficient (Wildman–Crippen LogP) is 4.73. The van der Waals surface area contributed by atoms with E-state index in [4.69, 9.17) is 46.4 Å². The van der Waals surface area contributed by atoms with Crippen LogP contribution in [0.4, 0.5) is 0 Å². The summed E-state index contributed by atoms with van der Waals surface area (Å²) in [5.41, 5.74) is 7.81. The molecule has 0 unspecified atom stereocenters. The van der Waals surface area contributed by atoms with Crippen LogP contribution in [-0.2, 0) is 4.79 Å². The van der Waals surface area contributed by atoms with Crippen LogP contribution in [0.5, 0.6) is 0 Å². The van der Waals surface area contributed by atoms with Crippen LogP contribution in [0, 0.1) is 5.92 Å². The molecule has 0 spiro atoms. The average Bonchev–Trinajstić information content (AvgIpc) is 2.83. The quantitative estimate of drug-likeness (QED) is 0.526. The Morgan fingerprint density at radius 2 is 1.71 bits per heavy atom. The van der Waals surface area contributed by atoms with Gasteiger partial charge in [-0.05, 0) is 67.0 Å². The first-order chi connectivity index (χ1) is 13.2. The Labute approximate surface area is 179 Å². The largest absolute Gasteiger partial charge is 0.317 e. The Morgan fingerprint density at radius 3 is 2.36 bits per heavy atom. The van der Waals surface area contributed by atoms with Gasteiger partial charge in [0.1, 0.15) is 5.54 Å². The first-order valence-electron chi connectivity index (χ1n) is 9.31. The molecule has 0 aromatic heterocycles. The zero-order valence-electron chi connectivity index (χ0n) is 15.4. The molecule has 2 aliphatic rings. The maximum absolute atomic E-state index is 12.9. The van der Waals surface area contributed by atoms with Gasteiger partial charge in [0.25, 0.3) is 5.91 Å². The topological polar surface area (TPSA) is 72.4 Å². The fourth-order valence-electron chi connectivity index (χ4n) is 5.17. The highest BCUT2D eigenvalue weighted by atomic mass is 35.5. The van der Waals surface area contributed by atoms with Crippen LogP contribution in [-0.4, -0.2) is 22.5 Å². The normalized spacial score (nSPS) is 32.5. The number of carbonyl (C=O) groups excluding carboxylic acids is 1. The summed E-state index contributed by atoms with van der Waals surface area (Å²) >= 11 is 18.8.